The highest BCUT2D eigenvalue weighted by atomic mass is 32.2. The van der Waals surface area contributed by atoms with Gasteiger partial charge in [-0.15, -0.1) is 6.42 Å². The molecule has 0 fully saturated rings. The molecule has 0 aliphatic heterocycles. The number of terminal acetylenes is 1. The van der Waals surface area contributed by atoms with Gasteiger partial charge in [-0.1, -0.05) is 37.2 Å². The van der Waals surface area contributed by atoms with E-state index in [1.807, 2.05) is 25.1 Å². The van der Waals surface area contributed by atoms with E-state index in [0.29, 0.717) is 35.8 Å². The van der Waals surface area contributed by atoms with E-state index in [1.165, 1.54) is 39.9 Å². The summed E-state index contributed by atoms with van der Waals surface area (Å²) >= 11 is 1.34. The van der Waals surface area contributed by atoms with Crippen molar-refractivity contribution in [2.75, 3.05) is 19.7 Å². The molecule has 0 aliphatic carbocycles. The number of hydrogen-bond donors (Lipinski definition) is 0. The molecule has 1 aromatic heterocycles. The highest BCUT2D eigenvalue weighted by molar-refractivity contribution is 7.89. The van der Waals surface area contributed by atoms with Crippen molar-refractivity contribution in [3.63, 3.8) is 0 Å². The van der Waals surface area contributed by atoms with E-state index in [9.17, 15) is 13.2 Å². The van der Waals surface area contributed by atoms with Crippen molar-refractivity contribution in [3.05, 3.63) is 52.8 Å². The molecule has 0 saturated carbocycles. The number of ether oxygens (including phenoxy) is 1. The zero-order valence-corrected chi connectivity index (χ0v) is 19.9. The topological polar surface area (TPSA) is 81.0 Å². The zero-order valence-electron chi connectivity index (χ0n) is 18.2. The predicted molar refractivity (Wildman–Crippen MR) is 126 cm³/mol. The fourth-order valence-electron chi connectivity index (χ4n) is 3.33. The number of nitrogens with zero attached hydrogens (tertiary/aromatic N) is 3. The lowest BCUT2D eigenvalue weighted by Gasteiger charge is -2.18. The molecule has 0 atom stereocenters. The highest BCUT2D eigenvalue weighted by Gasteiger charge is 2.21. The molecule has 168 valence electrons. The van der Waals surface area contributed by atoms with Gasteiger partial charge in [0, 0.05) is 18.7 Å². The van der Waals surface area contributed by atoms with Crippen LogP contribution in [0.15, 0.2) is 52.4 Å². The fourth-order valence-corrected chi connectivity index (χ4v) is 5.83. The molecule has 3 rings (SSSR count). The first-order chi connectivity index (χ1) is 15.4. The molecule has 0 radical (unpaired) electrons. The predicted octanol–water partition coefficient (Wildman–Crippen LogP) is 3.51. The Morgan fingerprint density at radius 2 is 1.84 bits per heavy atom. The Balaban J connectivity index is 2.02. The average molecular weight is 472 g/mol. The van der Waals surface area contributed by atoms with Crippen LogP contribution in [0.5, 0.6) is 5.75 Å². The SMILES string of the molecule is C#CCn1c(=NC(=O)c2ccc(S(=O)(=O)N(CC)CC)cc2)sc2cccc(OCC)c21. The third-order valence-electron chi connectivity index (χ3n) is 4.85. The summed E-state index contributed by atoms with van der Waals surface area (Å²) in [6.07, 6.45) is 5.56. The summed E-state index contributed by atoms with van der Waals surface area (Å²) in [6, 6.07) is 11.5. The van der Waals surface area contributed by atoms with Crippen molar-refractivity contribution >= 4 is 37.5 Å². The number of aromatic nitrogens is 1. The molecule has 1 amide bonds. The number of fused-ring (bicyclic) bond motifs is 1. The maximum absolute atomic E-state index is 12.8. The quantitative estimate of drug-likeness (QED) is 0.471. The van der Waals surface area contributed by atoms with E-state index in [4.69, 9.17) is 11.2 Å². The first-order valence-electron chi connectivity index (χ1n) is 10.2. The number of carbonyl (C=O) groups excluding carboxylic acids is 1. The molecule has 0 aliphatic rings. The monoisotopic (exact) mass is 471 g/mol. The molecule has 9 heteroatoms. The van der Waals surface area contributed by atoms with Crippen LogP contribution in [0.3, 0.4) is 0 Å². The summed E-state index contributed by atoms with van der Waals surface area (Å²) in [6.45, 7) is 6.95. The van der Waals surface area contributed by atoms with Crippen molar-refractivity contribution < 1.29 is 17.9 Å². The molecule has 3 aromatic rings. The van der Waals surface area contributed by atoms with Crippen LogP contribution in [-0.4, -0.2) is 42.9 Å². The number of hydrogen-bond acceptors (Lipinski definition) is 5. The standard InChI is InChI=1S/C23H25N3O4S2/c1-5-16-26-21-19(30-8-4)10-9-11-20(21)31-23(26)24-22(27)17-12-14-18(15-13-17)32(28,29)25(6-2)7-3/h1,9-15H,6-8,16H2,2-4H3. The maximum Gasteiger partial charge on any atom is 0.279 e. The summed E-state index contributed by atoms with van der Waals surface area (Å²) in [5.74, 6) is 2.80. The van der Waals surface area contributed by atoms with Gasteiger partial charge in [0.05, 0.1) is 22.7 Å². The number of carbonyl (C=O) groups is 1. The summed E-state index contributed by atoms with van der Waals surface area (Å²) in [7, 11) is -3.59. The Morgan fingerprint density at radius 1 is 1.16 bits per heavy atom. The minimum absolute atomic E-state index is 0.142. The van der Waals surface area contributed by atoms with Crippen LogP contribution in [0.1, 0.15) is 31.1 Å². The lowest BCUT2D eigenvalue weighted by Crippen LogP contribution is -2.30. The lowest BCUT2D eigenvalue weighted by atomic mass is 10.2. The molecule has 32 heavy (non-hydrogen) atoms. The van der Waals surface area contributed by atoms with Gasteiger partial charge in [-0.25, -0.2) is 8.42 Å². The number of amides is 1. The van der Waals surface area contributed by atoms with Crippen LogP contribution in [-0.2, 0) is 16.6 Å². The number of thiazole rings is 1. The Bertz CT molecular complexity index is 1330. The third-order valence-corrected chi connectivity index (χ3v) is 7.96. The molecule has 0 bridgehead atoms. The van der Waals surface area contributed by atoms with Gasteiger partial charge in [-0.3, -0.25) is 4.79 Å². The second kappa shape index (κ2) is 10.1. The number of benzene rings is 2. The zero-order chi connectivity index (χ0) is 23.3. The van der Waals surface area contributed by atoms with E-state index >= 15 is 0 Å². The van der Waals surface area contributed by atoms with Crippen molar-refractivity contribution in [3.8, 4) is 18.1 Å². The van der Waals surface area contributed by atoms with E-state index in [2.05, 4.69) is 10.9 Å². The summed E-state index contributed by atoms with van der Waals surface area (Å²) in [4.78, 5) is 17.7. The largest absolute Gasteiger partial charge is 0.492 e. The van der Waals surface area contributed by atoms with Crippen LogP contribution in [0.4, 0.5) is 0 Å². The van der Waals surface area contributed by atoms with Crippen molar-refractivity contribution in [2.45, 2.75) is 32.2 Å². The highest BCUT2D eigenvalue weighted by Crippen LogP contribution is 2.27. The van der Waals surface area contributed by atoms with E-state index in [0.717, 1.165) is 10.2 Å². The van der Waals surface area contributed by atoms with Crippen molar-refractivity contribution in [2.24, 2.45) is 4.99 Å². The first kappa shape index (κ1) is 23.7. The Morgan fingerprint density at radius 3 is 2.44 bits per heavy atom. The molecule has 0 spiro atoms. The fraction of sp³-hybridized carbons (Fsp3) is 0.304. The Hall–Kier alpha value is -2.93. The minimum Gasteiger partial charge on any atom is -0.492 e. The molecule has 0 N–H and O–H groups in total. The summed E-state index contributed by atoms with van der Waals surface area (Å²) < 4.78 is 35.1. The first-order valence-corrected chi connectivity index (χ1v) is 12.5. The van der Waals surface area contributed by atoms with E-state index in [-0.39, 0.29) is 11.4 Å². The molecule has 1 heterocycles. The van der Waals surface area contributed by atoms with E-state index in [1.54, 1.807) is 18.4 Å². The third kappa shape index (κ3) is 4.63. The minimum atomic E-state index is -3.59. The molecule has 7 nitrogen and oxygen atoms in total. The lowest BCUT2D eigenvalue weighted by molar-refractivity contribution is 0.0997. The van der Waals surface area contributed by atoms with Gasteiger partial charge in [0.2, 0.25) is 10.0 Å². The smallest absolute Gasteiger partial charge is 0.279 e. The van der Waals surface area contributed by atoms with Crippen LogP contribution in [0.2, 0.25) is 0 Å². The summed E-state index contributed by atoms with van der Waals surface area (Å²) in [5, 5.41) is 0. The van der Waals surface area contributed by atoms with Gasteiger partial charge in [-0.05, 0) is 43.3 Å². The van der Waals surface area contributed by atoms with Crippen LogP contribution in [0.25, 0.3) is 10.2 Å². The normalized spacial score (nSPS) is 12.3. The molecule has 0 unspecified atom stereocenters. The van der Waals surface area contributed by atoms with Gasteiger partial charge in [0.15, 0.2) is 4.80 Å². The van der Waals surface area contributed by atoms with Gasteiger partial charge >= 0.3 is 0 Å². The van der Waals surface area contributed by atoms with Crippen molar-refractivity contribution in [1.82, 2.24) is 8.87 Å². The van der Waals surface area contributed by atoms with Gasteiger partial charge in [-0.2, -0.15) is 9.30 Å². The Labute approximate surface area is 192 Å². The maximum atomic E-state index is 12.8. The second-order valence-electron chi connectivity index (χ2n) is 6.74. The van der Waals surface area contributed by atoms with Crippen LogP contribution < -0.4 is 9.54 Å². The summed E-state index contributed by atoms with van der Waals surface area (Å²) in [5.41, 5.74) is 1.09. The van der Waals surface area contributed by atoms with Crippen molar-refractivity contribution in [1.29, 1.82) is 0 Å². The average Bonchev–Trinajstić information content (AvgIpc) is 3.13. The van der Waals surface area contributed by atoms with Gasteiger partial charge in [0.1, 0.15) is 11.3 Å². The van der Waals surface area contributed by atoms with Crippen LogP contribution in [0, 0.1) is 12.3 Å². The van der Waals surface area contributed by atoms with E-state index < -0.39 is 15.9 Å². The second-order valence-corrected chi connectivity index (χ2v) is 9.69. The molecular weight excluding hydrogens is 446 g/mol. The molecular formula is C23H25N3O4S2. The van der Waals surface area contributed by atoms with Crippen LogP contribution >= 0.6 is 11.3 Å². The number of sulfonamides is 1. The number of para-hydroxylation sites is 1. The molecule has 0 saturated heterocycles. The Kier molecular flexibility index (Phi) is 7.51. The number of rotatable bonds is 8. The molecule has 2 aromatic carbocycles. The van der Waals surface area contributed by atoms with Gasteiger partial charge < -0.3 is 9.30 Å². The van der Waals surface area contributed by atoms with Gasteiger partial charge in [0.25, 0.3) is 5.91 Å².